The fraction of sp³-hybridized carbons (Fsp3) is 0.364. The van der Waals surface area contributed by atoms with Crippen molar-refractivity contribution in [2.45, 2.75) is 19.9 Å². The SMILES string of the molecule is Cc1c(Br)cccc1C(=O)N[C@H](C)CO. The molecule has 2 N–H and O–H groups in total. The van der Waals surface area contributed by atoms with Gasteiger partial charge in [0.2, 0.25) is 0 Å². The molecule has 4 heteroatoms. The maximum atomic E-state index is 11.7. The third-order valence-corrected chi connectivity index (χ3v) is 3.02. The van der Waals surface area contributed by atoms with Crippen molar-refractivity contribution in [3.63, 3.8) is 0 Å². The lowest BCUT2D eigenvalue weighted by atomic mass is 10.1. The normalized spacial score (nSPS) is 12.3. The van der Waals surface area contributed by atoms with Crippen LogP contribution in [0.5, 0.6) is 0 Å². The van der Waals surface area contributed by atoms with Gasteiger partial charge in [-0.1, -0.05) is 22.0 Å². The molecule has 0 saturated carbocycles. The summed E-state index contributed by atoms with van der Waals surface area (Å²) in [4.78, 5) is 11.7. The van der Waals surface area contributed by atoms with Gasteiger partial charge in [0, 0.05) is 16.1 Å². The highest BCUT2D eigenvalue weighted by Crippen LogP contribution is 2.19. The zero-order valence-corrected chi connectivity index (χ0v) is 10.3. The molecule has 0 aliphatic rings. The Morgan fingerprint density at radius 2 is 2.27 bits per heavy atom. The van der Waals surface area contributed by atoms with Crippen LogP contribution in [0.2, 0.25) is 0 Å². The number of hydrogen-bond acceptors (Lipinski definition) is 2. The van der Waals surface area contributed by atoms with Gasteiger partial charge in [-0.3, -0.25) is 4.79 Å². The molecule has 0 radical (unpaired) electrons. The first-order valence-corrected chi connectivity index (χ1v) is 5.52. The van der Waals surface area contributed by atoms with Crippen molar-refractivity contribution in [1.82, 2.24) is 5.32 Å². The minimum absolute atomic E-state index is 0.0568. The number of hydrogen-bond donors (Lipinski definition) is 2. The largest absolute Gasteiger partial charge is 0.394 e. The van der Waals surface area contributed by atoms with Gasteiger partial charge >= 0.3 is 0 Å². The lowest BCUT2D eigenvalue weighted by Gasteiger charge is -2.12. The maximum absolute atomic E-state index is 11.7. The summed E-state index contributed by atoms with van der Waals surface area (Å²) in [5.74, 6) is -0.157. The van der Waals surface area contributed by atoms with E-state index in [4.69, 9.17) is 5.11 Å². The molecule has 15 heavy (non-hydrogen) atoms. The molecule has 1 amide bonds. The molecule has 82 valence electrons. The Balaban J connectivity index is 2.87. The number of nitrogens with one attached hydrogen (secondary N) is 1. The Bertz CT molecular complexity index is 366. The highest BCUT2D eigenvalue weighted by atomic mass is 79.9. The highest BCUT2D eigenvalue weighted by molar-refractivity contribution is 9.10. The monoisotopic (exact) mass is 271 g/mol. The summed E-state index contributed by atoms with van der Waals surface area (Å²) >= 11 is 3.37. The zero-order chi connectivity index (χ0) is 11.4. The van der Waals surface area contributed by atoms with Crippen LogP contribution in [-0.2, 0) is 0 Å². The van der Waals surface area contributed by atoms with Crippen LogP contribution in [0.25, 0.3) is 0 Å². The summed E-state index contributed by atoms with van der Waals surface area (Å²) in [5, 5.41) is 11.5. The Labute approximate surface area is 97.6 Å². The standard InChI is InChI=1S/C11H14BrNO2/c1-7(6-14)13-11(15)9-4-3-5-10(12)8(9)2/h3-5,7,14H,6H2,1-2H3,(H,13,15)/t7-/m1/s1. The van der Waals surface area contributed by atoms with Gasteiger partial charge in [0.25, 0.3) is 5.91 Å². The summed E-state index contributed by atoms with van der Waals surface area (Å²) in [7, 11) is 0. The van der Waals surface area contributed by atoms with Crippen LogP contribution in [0.4, 0.5) is 0 Å². The average Bonchev–Trinajstić information content (AvgIpc) is 2.21. The Morgan fingerprint density at radius 1 is 1.60 bits per heavy atom. The predicted molar refractivity (Wildman–Crippen MR) is 62.9 cm³/mol. The average molecular weight is 272 g/mol. The van der Waals surface area contributed by atoms with Crippen molar-refractivity contribution in [2.75, 3.05) is 6.61 Å². The number of rotatable bonds is 3. The van der Waals surface area contributed by atoms with Crippen molar-refractivity contribution in [3.05, 3.63) is 33.8 Å². The van der Waals surface area contributed by atoms with E-state index in [9.17, 15) is 4.79 Å². The van der Waals surface area contributed by atoms with E-state index in [2.05, 4.69) is 21.2 Å². The number of halogens is 1. The van der Waals surface area contributed by atoms with Crippen LogP contribution in [0.1, 0.15) is 22.8 Å². The summed E-state index contributed by atoms with van der Waals surface area (Å²) in [6, 6.07) is 5.24. The molecule has 3 nitrogen and oxygen atoms in total. The molecule has 1 rings (SSSR count). The van der Waals surface area contributed by atoms with E-state index in [0.717, 1.165) is 10.0 Å². The van der Waals surface area contributed by atoms with E-state index < -0.39 is 0 Å². The molecule has 1 aromatic carbocycles. The van der Waals surface area contributed by atoms with E-state index in [1.807, 2.05) is 19.1 Å². The number of carbonyl (C=O) groups excluding carboxylic acids is 1. The predicted octanol–water partition coefficient (Wildman–Crippen LogP) is 1.87. The fourth-order valence-corrected chi connectivity index (χ4v) is 1.57. The van der Waals surface area contributed by atoms with E-state index >= 15 is 0 Å². The number of aliphatic hydroxyl groups is 1. The molecule has 0 fully saturated rings. The molecule has 1 aromatic rings. The van der Waals surface area contributed by atoms with Crippen molar-refractivity contribution in [3.8, 4) is 0 Å². The van der Waals surface area contributed by atoms with Crippen LogP contribution in [0.15, 0.2) is 22.7 Å². The van der Waals surface area contributed by atoms with Gasteiger partial charge in [-0.25, -0.2) is 0 Å². The number of carbonyl (C=O) groups is 1. The Kier molecular flexibility index (Phi) is 4.29. The zero-order valence-electron chi connectivity index (χ0n) is 8.75. The molecule has 0 bridgehead atoms. The number of benzene rings is 1. The van der Waals surface area contributed by atoms with Crippen LogP contribution in [0, 0.1) is 6.92 Å². The summed E-state index contributed by atoms with van der Waals surface area (Å²) < 4.78 is 0.909. The number of amides is 1. The summed E-state index contributed by atoms with van der Waals surface area (Å²) in [6.07, 6.45) is 0. The third-order valence-electron chi connectivity index (χ3n) is 2.16. The van der Waals surface area contributed by atoms with E-state index in [-0.39, 0.29) is 18.6 Å². The van der Waals surface area contributed by atoms with Crippen molar-refractivity contribution in [2.24, 2.45) is 0 Å². The number of aliphatic hydroxyl groups excluding tert-OH is 1. The second-order valence-corrected chi connectivity index (χ2v) is 4.32. The Morgan fingerprint density at radius 3 is 2.87 bits per heavy atom. The second kappa shape index (κ2) is 5.28. The van der Waals surface area contributed by atoms with Crippen molar-refractivity contribution in [1.29, 1.82) is 0 Å². The lowest BCUT2D eigenvalue weighted by Crippen LogP contribution is -2.35. The highest BCUT2D eigenvalue weighted by Gasteiger charge is 2.12. The maximum Gasteiger partial charge on any atom is 0.251 e. The molecule has 1 atom stereocenters. The third kappa shape index (κ3) is 3.04. The molecule has 0 unspecified atom stereocenters. The van der Waals surface area contributed by atoms with E-state index in [1.165, 1.54) is 0 Å². The first-order valence-electron chi connectivity index (χ1n) is 4.73. The lowest BCUT2D eigenvalue weighted by molar-refractivity contribution is 0.0921. The minimum Gasteiger partial charge on any atom is -0.394 e. The van der Waals surface area contributed by atoms with Crippen LogP contribution < -0.4 is 5.32 Å². The smallest absolute Gasteiger partial charge is 0.251 e. The van der Waals surface area contributed by atoms with Gasteiger partial charge in [-0.15, -0.1) is 0 Å². The van der Waals surface area contributed by atoms with Crippen molar-refractivity contribution < 1.29 is 9.90 Å². The first-order chi connectivity index (χ1) is 7.06. The molecule has 0 aliphatic heterocycles. The first kappa shape index (κ1) is 12.2. The quantitative estimate of drug-likeness (QED) is 0.882. The topological polar surface area (TPSA) is 49.3 Å². The molecule has 0 saturated heterocycles. The van der Waals surface area contributed by atoms with Crippen molar-refractivity contribution >= 4 is 21.8 Å². The molecular weight excluding hydrogens is 258 g/mol. The molecule has 0 spiro atoms. The van der Waals surface area contributed by atoms with Gasteiger partial charge in [0.1, 0.15) is 0 Å². The van der Waals surface area contributed by atoms with E-state index in [1.54, 1.807) is 13.0 Å². The second-order valence-electron chi connectivity index (χ2n) is 3.47. The van der Waals surface area contributed by atoms with Gasteiger partial charge in [0.05, 0.1) is 6.61 Å². The molecule has 0 heterocycles. The van der Waals surface area contributed by atoms with E-state index in [0.29, 0.717) is 5.56 Å². The van der Waals surface area contributed by atoms with Gasteiger partial charge < -0.3 is 10.4 Å². The van der Waals surface area contributed by atoms with Gasteiger partial charge in [-0.05, 0) is 31.5 Å². The summed E-state index contributed by atoms with van der Waals surface area (Å²) in [6.45, 7) is 3.58. The van der Waals surface area contributed by atoms with Crippen LogP contribution in [0.3, 0.4) is 0 Å². The molecule has 0 aliphatic carbocycles. The van der Waals surface area contributed by atoms with Crippen LogP contribution >= 0.6 is 15.9 Å². The minimum atomic E-state index is -0.226. The fourth-order valence-electron chi connectivity index (χ4n) is 1.20. The van der Waals surface area contributed by atoms with Gasteiger partial charge in [0.15, 0.2) is 0 Å². The van der Waals surface area contributed by atoms with Gasteiger partial charge in [-0.2, -0.15) is 0 Å². The van der Waals surface area contributed by atoms with Crippen LogP contribution in [-0.4, -0.2) is 23.7 Å². The molecule has 0 aromatic heterocycles. The molecular formula is C11H14BrNO2. The summed E-state index contributed by atoms with van der Waals surface area (Å²) in [5.41, 5.74) is 1.53. The Hall–Kier alpha value is -0.870.